The van der Waals surface area contributed by atoms with Gasteiger partial charge >= 0.3 is 0 Å². The van der Waals surface area contributed by atoms with Gasteiger partial charge in [-0.25, -0.2) is 0 Å². The number of carbonyl (C=O) groups is 1. The van der Waals surface area contributed by atoms with Crippen LogP contribution in [0.4, 0.5) is 0 Å². The molecule has 0 heterocycles. The number of carbonyl (C=O) groups excluding carboxylic acids is 1. The summed E-state index contributed by atoms with van der Waals surface area (Å²) in [6.45, 7) is 1.46. The van der Waals surface area contributed by atoms with Crippen LogP contribution in [0.1, 0.15) is 31.2 Å². The lowest BCUT2D eigenvalue weighted by atomic mass is 10.1. The van der Waals surface area contributed by atoms with Gasteiger partial charge in [0.25, 0.3) is 0 Å². The maximum absolute atomic E-state index is 12.3. The number of nitrogens with zero attached hydrogens (tertiary/aromatic N) is 1. The van der Waals surface area contributed by atoms with Crippen molar-refractivity contribution in [3.05, 3.63) is 29.8 Å². The largest absolute Gasteiger partial charge is 0.497 e. The zero-order valence-corrected chi connectivity index (χ0v) is 12.2. The normalized spacial score (nSPS) is 14.1. The molecule has 0 aliphatic heterocycles. The highest BCUT2D eigenvalue weighted by Gasteiger charge is 2.31. The van der Waals surface area contributed by atoms with E-state index in [2.05, 4.69) is 0 Å². The fourth-order valence-corrected chi connectivity index (χ4v) is 2.35. The molecule has 20 heavy (non-hydrogen) atoms. The Morgan fingerprint density at radius 1 is 1.35 bits per heavy atom. The average Bonchev–Trinajstić information content (AvgIpc) is 3.31. The van der Waals surface area contributed by atoms with E-state index in [-0.39, 0.29) is 5.91 Å². The Bertz CT molecular complexity index is 427. The molecule has 2 rings (SSSR count). The fourth-order valence-electron chi connectivity index (χ4n) is 2.35. The molecular formula is C16H24N2O2. The number of hydrogen-bond acceptors (Lipinski definition) is 3. The third-order valence-electron chi connectivity index (χ3n) is 3.70. The van der Waals surface area contributed by atoms with Crippen LogP contribution < -0.4 is 10.5 Å². The van der Waals surface area contributed by atoms with Gasteiger partial charge in [0.05, 0.1) is 7.11 Å². The second-order valence-corrected chi connectivity index (χ2v) is 5.31. The lowest BCUT2D eigenvalue weighted by molar-refractivity contribution is -0.131. The van der Waals surface area contributed by atoms with Gasteiger partial charge in [-0.05, 0) is 49.9 Å². The molecule has 0 bridgehead atoms. The Morgan fingerprint density at radius 3 is 2.60 bits per heavy atom. The van der Waals surface area contributed by atoms with Gasteiger partial charge in [0.1, 0.15) is 5.75 Å². The molecule has 0 aromatic heterocycles. The molecule has 0 spiro atoms. The molecule has 1 aliphatic carbocycles. The van der Waals surface area contributed by atoms with E-state index in [0.29, 0.717) is 19.0 Å². The topological polar surface area (TPSA) is 55.6 Å². The molecule has 1 aliphatic rings. The molecule has 1 aromatic rings. The first-order valence-corrected chi connectivity index (χ1v) is 7.37. The van der Waals surface area contributed by atoms with Crippen molar-refractivity contribution in [3.63, 3.8) is 0 Å². The molecule has 0 atom stereocenters. The van der Waals surface area contributed by atoms with Gasteiger partial charge < -0.3 is 15.4 Å². The van der Waals surface area contributed by atoms with Crippen molar-refractivity contribution in [2.45, 2.75) is 38.1 Å². The lowest BCUT2D eigenvalue weighted by Crippen LogP contribution is -2.35. The highest BCUT2D eigenvalue weighted by Crippen LogP contribution is 2.27. The van der Waals surface area contributed by atoms with Gasteiger partial charge in [-0.1, -0.05) is 12.1 Å². The first kappa shape index (κ1) is 14.9. The molecule has 4 nitrogen and oxygen atoms in total. The van der Waals surface area contributed by atoms with E-state index >= 15 is 0 Å². The second-order valence-electron chi connectivity index (χ2n) is 5.31. The highest BCUT2D eigenvalue weighted by atomic mass is 16.5. The monoisotopic (exact) mass is 276 g/mol. The summed E-state index contributed by atoms with van der Waals surface area (Å²) >= 11 is 0. The minimum absolute atomic E-state index is 0.261. The Labute approximate surface area is 120 Å². The second kappa shape index (κ2) is 7.29. The molecule has 1 amide bonds. The van der Waals surface area contributed by atoms with Crippen LogP contribution in [-0.4, -0.2) is 37.0 Å². The average molecular weight is 276 g/mol. The third-order valence-corrected chi connectivity index (χ3v) is 3.70. The maximum atomic E-state index is 12.3. The van der Waals surface area contributed by atoms with E-state index in [1.54, 1.807) is 7.11 Å². The predicted molar refractivity (Wildman–Crippen MR) is 79.7 cm³/mol. The van der Waals surface area contributed by atoms with Crippen molar-refractivity contribution < 1.29 is 9.53 Å². The summed E-state index contributed by atoms with van der Waals surface area (Å²) in [6.07, 6.45) is 4.56. The molecular weight excluding hydrogens is 252 g/mol. The summed E-state index contributed by atoms with van der Waals surface area (Å²) in [4.78, 5) is 14.3. The highest BCUT2D eigenvalue weighted by molar-refractivity contribution is 5.77. The molecule has 1 saturated carbocycles. The summed E-state index contributed by atoms with van der Waals surface area (Å²) in [6, 6.07) is 8.39. The molecule has 0 unspecified atom stereocenters. The summed E-state index contributed by atoms with van der Waals surface area (Å²) < 4.78 is 5.13. The molecule has 1 fully saturated rings. The summed E-state index contributed by atoms with van der Waals surface area (Å²) in [5.74, 6) is 1.11. The van der Waals surface area contributed by atoms with Crippen LogP contribution >= 0.6 is 0 Å². The summed E-state index contributed by atoms with van der Waals surface area (Å²) in [7, 11) is 1.66. The predicted octanol–water partition coefficient (Wildman–Crippen LogP) is 1.97. The Morgan fingerprint density at radius 2 is 2.05 bits per heavy atom. The van der Waals surface area contributed by atoms with Crippen LogP contribution in [-0.2, 0) is 11.2 Å². The maximum Gasteiger partial charge on any atom is 0.223 e. The molecule has 0 radical (unpaired) electrons. The first-order chi connectivity index (χ1) is 9.74. The van der Waals surface area contributed by atoms with Gasteiger partial charge in [-0.3, -0.25) is 4.79 Å². The van der Waals surface area contributed by atoms with Crippen LogP contribution in [0.15, 0.2) is 24.3 Å². The van der Waals surface area contributed by atoms with E-state index in [0.717, 1.165) is 38.0 Å². The van der Waals surface area contributed by atoms with Crippen molar-refractivity contribution in [1.82, 2.24) is 4.90 Å². The van der Waals surface area contributed by atoms with E-state index < -0.39 is 0 Å². The van der Waals surface area contributed by atoms with Gasteiger partial charge in [0, 0.05) is 19.0 Å². The summed E-state index contributed by atoms with van der Waals surface area (Å²) in [5.41, 5.74) is 6.71. The minimum Gasteiger partial charge on any atom is -0.497 e. The zero-order chi connectivity index (χ0) is 14.4. The van der Waals surface area contributed by atoms with E-state index in [9.17, 15) is 4.79 Å². The van der Waals surface area contributed by atoms with Crippen molar-refractivity contribution in [2.24, 2.45) is 5.73 Å². The van der Waals surface area contributed by atoms with Gasteiger partial charge in [-0.2, -0.15) is 0 Å². The van der Waals surface area contributed by atoms with E-state index in [4.69, 9.17) is 10.5 Å². The van der Waals surface area contributed by atoms with Crippen LogP contribution in [0.2, 0.25) is 0 Å². The number of amides is 1. The fraction of sp³-hybridized carbons (Fsp3) is 0.562. The van der Waals surface area contributed by atoms with Crippen molar-refractivity contribution in [3.8, 4) is 5.75 Å². The minimum atomic E-state index is 0.261. The Hall–Kier alpha value is -1.55. The molecule has 2 N–H and O–H groups in total. The number of nitrogens with two attached hydrogens (primary N) is 1. The van der Waals surface area contributed by atoms with Crippen LogP contribution in [0.25, 0.3) is 0 Å². The lowest BCUT2D eigenvalue weighted by Gasteiger charge is -2.22. The van der Waals surface area contributed by atoms with Gasteiger partial charge in [0.15, 0.2) is 0 Å². The Balaban J connectivity index is 1.82. The molecule has 4 heteroatoms. The van der Waals surface area contributed by atoms with Gasteiger partial charge in [-0.15, -0.1) is 0 Å². The Kier molecular flexibility index (Phi) is 5.41. The number of ether oxygens (including phenoxy) is 1. The third kappa shape index (κ3) is 4.23. The SMILES string of the molecule is COc1ccc(CCC(=O)N(CCCN)C2CC2)cc1. The smallest absolute Gasteiger partial charge is 0.223 e. The zero-order valence-electron chi connectivity index (χ0n) is 12.2. The van der Waals surface area contributed by atoms with Crippen molar-refractivity contribution in [2.75, 3.05) is 20.2 Å². The first-order valence-electron chi connectivity index (χ1n) is 7.37. The van der Waals surface area contributed by atoms with Crippen molar-refractivity contribution >= 4 is 5.91 Å². The van der Waals surface area contributed by atoms with Crippen molar-refractivity contribution in [1.29, 1.82) is 0 Å². The van der Waals surface area contributed by atoms with Crippen LogP contribution in [0.3, 0.4) is 0 Å². The van der Waals surface area contributed by atoms with E-state index in [1.165, 1.54) is 5.56 Å². The standard InChI is InChI=1S/C16H24N2O2/c1-20-15-8-3-13(4-9-15)5-10-16(19)18(12-2-11-17)14-6-7-14/h3-4,8-9,14H,2,5-7,10-12,17H2,1H3. The van der Waals surface area contributed by atoms with Crippen LogP contribution in [0, 0.1) is 0 Å². The molecule has 110 valence electrons. The van der Waals surface area contributed by atoms with Crippen LogP contribution in [0.5, 0.6) is 5.75 Å². The molecule has 1 aromatic carbocycles. The van der Waals surface area contributed by atoms with E-state index in [1.807, 2.05) is 29.2 Å². The number of aryl methyl sites for hydroxylation is 1. The molecule has 0 saturated heterocycles. The number of rotatable bonds is 8. The number of methoxy groups -OCH3 is 1. The number of hydrogen-bond donors (Lipinski definition) is 1. The quantitative estimate of drug-likeness (QED) is 0.789. The summed E-state index contributed by atoms with van der Waals surface area (Å²) in [5, 5.41) is 0. The number of benzene rings is 1. The van der Waals surface area contributed by atoms with Gasteiger partial charge in [0.2, 0.25) is 5.91 Å².